The largest absolute Gasteiger partial charge is 0.508 e. The normalized spacial score (nSPS) is 10.0. The Morgan fingerprint density at radius 2 is 1.79 bits per heavy atom. The first kappa shape index (κ1) is 12.8. The molecule has 0 aliphatic carbocycles. The predicted molar refractivity (Wildman–Crippen MR) is 67.2 cm³/mol. The van der Waals surface area contributed by atoms with Gasteiger partial charge in [0.25, 0.3) is 0 Å². The van der Waals surface area contributed by atoms with Crippen LogP contribution in [0.25, 0.3) is 0 Å². The lowest BCUT2D eigenvalue weighted by molar-refractivity contribution is 0.475. The Kier molecular flexibility index (Phi) is 3.34. The van der Waals surface area contributed by atoms with Crippen molar-refractivity contribution in [2.75, 3.05) is 11.9 Å². The van der Waals surface area contributed by atoms with Crippen molar-refractivity contribution in [1.29, 1.82) is 5.26 Å². The van der Waals surface area contributed by atoms with Crippen LogP contribution in [0.1, 0.15) is 5.56 Å². The van der Waals surface area contributed by atoms with Crippen molar-refractivity contribution in [3.63, 3.8) is 0 Å². The lowest BCUT2D eigenvalue weighted by atomic mass is 10.1. The van der Waals surface area contributed by atoms with Crippen LogP contribution in [0, 0.1) is 23.0 Å². The second-order valence-electron chi connectivity index (χ2n) is 3.98. The lowest BCUT2D eigenvalue weighted by Crippen LogP contribution is -2.13. The molecule has 5 heteroatoms. The van der Waals surface area contributed by atoms with Crippen molar-refractivity contribution in [3.05, 3.63) is 53.6 Å². The average Bonchev–Trinajstić information content (AvgIpc) is 2.37. The molecule has 0 radical (unpaired) electrons. The van der Waals surface area contributed by atoms with E-state index in [0.717, 1.165) is 12.1 Å². The molecule has 0 spiro atoms. The molecular weight excluding hydrogens is 250 g/mol. The third-order valence-electron chi connectivity index (χ3n) is 2.70. The Bertz CT molecular complexity index is 642. The molecule has 2 aromatic carbocycles. The average molecular weight is 260 g/mol. The number of nitriles is 1. The molecule has 19 heavy (non-hydrogen) atoms. The zero-order chi connectivity index (χ0) is 14.0. The number of hydrogen-bond donors (Lipinski definition) is 1. The predicted octanol–water partition coefficient (Wildman–Crippen LogP) is 3.31. The maximum absolute atomic E-state index is 13.8. The summed E-state index contributed by atoms with van der Waals surface area (Å²) in [6.07, 6.45) is 0. The molecule has 0 aliphatic heterocycles. The van der Waals surface area contributed by atoms with Crippen molar-refractivity contribution >= 4 is 11.4 Å². The minimum absolute atomic E-state index is 0.00110. The van der Waals surface area contributed by atoms with Crippen LogP contribution in [-0.2, 0) is 0 Å². The Morgan fingerprint density at radius 1 is 1.16 bits per heavy atom. The van der Waals surface area contributed by atoms with Gasteiger partial charge in [0.2, 0.25) is 0 Å². The monoisotopic (exact) mass is 260 g/mol. The molecule has 2 rings (SSSR count). The lowest BCUT2D eigenvalue weighted by Gasteiger charge is -2.21. The zero-order valence-corrected chi connectivity index (χ0v) is 10.1. The van der Waals surface area contributed by atoms with Crippen LogP contribution in [0.15, 0.2) is 36.4 Å². The summed E-state index contributed by atoms with van der Waals surface area (Å²) in [4.78, 5) is 1.27. The van der Waals surface area contributed by atoms with Crippen molar-refractivity contribution in [1.82, 2.24) is 0 Å². The molecule has 2 aromatic rings. The van der Waals surface area contributed by atoms with Gasteiger partial charge in [0.05, 0.1) is 11.6 Å². The van der Waals surface area contributed by atoms with Crippen LogP contribution in [0.3, 0.4) is 0 Å². The van der Waals surface area contributed by atoms with Gasteiger partial charge in [-0.25, -0.2) is 8.78 Å². The standard InChI is InChI=1S/C14H10F2N2O/c1-18(10-3-2-4-11(19)7-10)14-12(15)5-9(8-17)6-13(14)16/h2-7,19H,1H3. The third-order valence-corrected chi connectivity index (χ3v) is 2.70. The number of nitrogens with zero attached hydrogens (tertiary/aromatic N) is 2. The highest BCUT2D eigenvalue weighted by atomic mass is 19.1. The van der Waals surface area contributed by atoms with E-state index in [4.69, 9.17) is 5.26 Å². The molecule has 96 valence electrons. The van der Waals surface area contributed by atoms with Crippen LogP contribution in [-0.4, -0.2) is 12.2 Å². The fraction of sp³-hybridized carbons (Fsp3) is 0.0714. The molecule has 0 heterocycles. The van der Waals surface area contributed by atoms with Gasteiger partial charge in [-0.15, -0.1) is 0 Å². The first-order valence-electron chi connectivity index (χ1n) is 5.45. The van der Waals surface area contributed by atoms with E-state index >= 15 is 0 Å². The molecule has 0 saturated heterocycles. The van der Waals surface area contributed by atoms with Crippen LogP contribution >= 0.6 is 0 Å². The molecule has 0 atom stereocenters. The fourth-order valence-electron chi connectivity index (χ4n) is 1.78. The van der Waals surface area contributed by atoms with Crippen LogP contribution in [0.2, 0.25) is 0 Å². The third kappa shape index (κ3) is 2.47. The molecule has 0 bridgehead atoms. The summed E-state index contributed by atoms with van der Waals surface area (Å²) in [5.41, 5.74) is 0.0789. The van der Waals surface area contributed by atoms with Crippen molar-refractivity contribution in [2.24, 2.45) is 0 Å². The number of halogens is 2. The van der Waals surface area contributed by atoms with Crippen molar-refractivity contribution in [3.8, 4) is 11.8 Å². The molecule has 0 unspecified atom stereocenters. The van der Waals surface area contributed by atoms with Gasteiger partial charge in [0, 0.05) is 18.8 Å². The highest BCUT2D eigenvalue weighted by Gasteiger charge is 2.16. The second-order valence-corrected chi connectivity index (χ2v) is 3.98. The minimum Gasteiger partial charge on any atom is -0.508 e. The van der Waals surface area contributed by atoms with Crippen LogP contribution < -0.4 is 4.90 Å². The summed E-state index contributed by atoms with van der Waals surface area (Å²) in [5, 5.41) is 18.0. The minimum atomic E-state index is -0.831. The number of rotatable bonds is 2. The maximum Gasteiger partial charge on any atom is 0.151 e. The van der Waals surface area contributed by atoms with Gasteiger partial charge in [-0.05, 0) is 24.3 Å². The van der Waals surface area contributed by atoms with Gasteiger partial charge in [-0.2, -0.15) is 5.26 Å². The van der Waals surface area contributed by atoms with Gasteiger partial charge in [-0.1, -0.05) is 6.07 Å². The fourth-order valence-corrected chi connectivity index (χ4v) is 1.78. The van der Waals surface area contributed by atoms with E-state index in [9.17, 15) is 13.9 Å². The SMILES string of the molecule is CN(c1cccc(O)c1)c1c(F)cc(C#N)cc1F. The molecule has 1 N–H and O–H groups in total. The highest BCUT2D eigenvalue weighted by molar-refractivity contribution is 5.65. The summed E-state index contributed by atoms with van der Waals surface area (Å²) < 4.78 is 27.7. The summed E-state index contributed by atoms with van der Waals surface area (Å²) in [5.74, 6) is -1.66. The number of phenols is 1. The van der Waals surface area contributed by atoms with E-state index in [1.807, 2.05) is 0 Å². The van der Waals surface area contributed by atoms with E-state index in [0.29, 0.717) is 5.69 Å². The first-order valence-corrected chi connectivity index (χ1v) is 5.45. The maximum atomic E-state index is 13.8. The topological polar surface area (TPSA) is 47.3 Å². The van der Waals surface area contributed by atoms with Gasteiger partial charge in [0.15, 0.2) is 11.6 Å². The van der Waals surface area contributed by atoms with Crippen molar-refractivity contribution < 1.29 is 13.9 Å². The highest BCUT2D eigenvalue weighted by Crippen LogP contribution is 2.31. The van der Waals surface area contributed by atoms with E-state index in [1.54, 1.807) is 18.2 Å². The molecule has 0 saturated carbocycles. The number of benzene rings is 2. The molecule has 3 nitrogen and oxygen atoms in total. The van der Waals surface area contributed by atoms with E-state index in [-0.39, 0.29) is 17.0 Å². The van der Waals surface area contributed by atoms with E-state index in [2.05, 4.69) is 0 Å². The zero-order valence-electron chi connectivity index (χ0n) is 10.1. The Balaban J connectivity index is 2.51. The van der Waals surface area contributed by atoms with Gasteiger partial charge >= 0.3 is 0 Å². The number of anilines is 2. The van der Waals surface area contributed by atoms with Crippen LogP contribution in [0.4, 0.5) is 20.2 Å². The molecular formula is C14H10F2N2O. The molecule has 0 aromatic heterocycles. The number of aromatic hydroxyl groups is 1. The second kappa shape index (κ2) is 4.94. The van der Waals surface area contributed by atoms with E-state index in [1.165, 1.54) is 24.1 Å². The first-order chi connectivity index (χ1) is 9.02. The van der Waals surface area contributed by atoms with Gasteiger partial charge in [0.1, 0.15) is 11.4 Å². The quantitative estimate of drug-likeness (QED) is 0.901. The summed E-state index contributed by atoms with van der Waals surface area (Å²) in [7, 11) is 1.47. The summed E-state index contributed by atoms with van der Waals surface area (Å²) >= 11 is 0. The Hall–Kier alpha value is -2.61. The smallest absolute Gasteiger partial charge is 0.151 e. The molecule has 0 aliphatic rings. The Labute approximate surface area is 108 Å². The van der Waals surface area contributed by atoms with Crippen LogP contribution in [0.5, 0.6) is 5.75 Å². The summed E-state index contributed by atoms with van der Waals surface area (Å²) in [6.45, 7) is 0. The Morgan fingerprint density at radius 3 is 2.32 bits per heavy atom. The molecule has 0 amide bonds. The number of hydrogen-bond acceptors (Lipinski definition) is 3. The van der Waals surface area contributed by atoms with E-state index < -0.39 is 11.6 Å². The van der Waals surface area contributed by atoms with Crippen molar-refractivity contribution in [2.45, 2.75) is 0 Å². The molecule has 0 fully saturated rings. The van der Waals surface area contributed by atoms with Gasteiger partial charge < -0.3 is 10.0 Å². The van der Waals surface area contributed by atoms with Gasteiger partial charge in [-0.3, -0.25) is 0 Å². The number of phenolic OH excluding ortho intramolecular Hbond substituents is 1. The summed E-state index contributed by atoms with van der Waals surface area (Å²) in [6, 6.07) is 9.65.